The number of nitro benzene ring substituents is 1. The third-order valence-electron chi connectivity index (χ3n) is 3.45. The normalized spacial score (nSPS) is 15.4. The first kappa shape index (κ1) is 13.0. The predicted molar refractivity (Wildman–Crippen MR) is 67.0 cm³/mol. The van der Waals surface area contributed by atoms with Crippen molar-refractivity contribution >= 4 is 11.6 Å². The van der Waals surface area contributed by atoms with Gasteiger partial charge in [-0.2, -0.15) is 5.26 Å². The summed E-state index contributed by atoms with van der Waals surface area (Å²) in [6.45, 7) is 1.85. The first-order valence-electron chi connectivity index (χ1n) is 5.92. The van der Waals surface area contributed by atoms with Crippen molar-refractivity contribution in [3.05, 3.63) is 39.4 Å². The lowest BCUT2D eigenvalue weighted by molar-refractivity contribution is -0.385. The first-order valence-corrected chi connectivity index (χ1v) is 5.92. The summed E-state index contributed by atoms with van der Waals surface area (Å²) in [5.74, 6) is -0.291. The molecule has 1 N–H and O–H groups in total. The molecule has 1 aliphatic carbocycles. The number of rotatable bonds is 4. The maximum absolute atomic E-state index is 11.8. The Labute approximate surface area is 110 Å². The highest BCUT2D eigenvalue weighted by molar-refractivity contribution is 5.88. The van der Waals surface area contributed by atoms with Crippen LogP contribution < -0.4 is 5.32 Å². The molecule has 6 heteroatoms. The molecule has 19 heavy (non-hydrogen) atoms. The topological polar surface area (TPSA) is 96.0 Å². The molecule has 0 aliphatic heterocycles. The van der Waals surface area contributed by atoms with Crippen molar-refractivity contribution in [1.29, 1.82) is 5.26 Å². The summed E-state index contributed by atoms with van der Waals surface area (Å²) in [6.07, 6.45) is 1.17. The van der Waals surface area contributed by atoms with Gasteiger partial charge in [-0.15, -0.1) is 0 Å². The number of nitrogens with zero attached hydrogens (tertiary/aromatic N) is 2. The molecule has 0 radical (unpaired) electrons. The molecular formula is C13H13N3O3. The van der Waals surface area contributed by atoms with Crippen LogP contribution in [0.15, 0.2) is 18.2 Å². The highest BCUT2D eigenvalue weighted by atomic mass is 16.6. The molecule has 0 saturated heterocycles. The molecule has 2 rings (SSSR count). The Hall–Kier alpha value is -2.42. The van der Waals surface area contributed by atoms with Gasteiger partial charge in [0.05, 0.1) is 11.0 Å². The number of benzene rings is 1. The second-order valence-corrected chi connectivity index (χ2v) is 4.69. The van der Waals surface area contributed by atoms with Gasteiger partial charge in [-0.3, -0.25) is 14.9 Å². The van der Waals surface area contributed by atoms with Crippen LogP contribution in [-0.4, -0.2) is 10.8 Å². The van der Waals surface area contributed by atoms with Gasteiger partial charge in [0.15, 0.2) is 0 Å². The number of nitro groups is 1. The number of carbonyl (C=O) groups is 1. The molecule has 0 spiro atoms. The minimum Gasteiger partial charge on any atom is -0.351 e. The van der Waals surface area contributed by atoms with Crippen LogP contribution >= 0.6 is 0 Å². The first-order chi connectivity index (χ1) is 9.00. The molecule has 0 bridgehead atoms. The second kappa shape index (κ2) is 4.69. The van der Waals surface area contributed by atoms with Crippen molar-refractivity contribution in [2.75, 3.05) is 0 Å². The summed E-state index contributed by atoms with van der Waals surface area (Å²) >= 11 is 0. The molecule has 1 amide bonds. The Bertz CT molecular complexity index is 585. The van der Waals surface area contributed by atoms with Gasteiger partial charge in [0, 0.05) is 18.2 Å². The zero-order valence-electron chi connectivity index (χ0n) is 10.5. The average Bonchev–Trinajstić information content (AvgIpc) is 3.18. The molecule has 1 aromatic rings. The summed E-state index contributed by atoms with van der Waals surface area (Å²) in [4.78, 5) is 22.2. The zero-order chi connectivity index (χ0) is 14.0. The molecule has 1 saturated carbocycles. The van der Waals surface area contributed by atoms with E-state index in [1.807, 2.05) is 6.07 Å². The van der Waals surface area contributed by atoms with E-state index in [9.17, 15) is 14.9 Å². The number of amides is 1. The average molecular weight is 259 g/mol. The van der Waals surface area contributed by atoms with Gasteiger partial charge in [-0.25, -0.2) is 0 Å². The summed E-state index contributed by atoms with van der Waals surface area (Å²) in [5, 5.41) is 22.4. The van der Waals surface area contributed by atoms with E-state index >= 15 is 0 Å². The Morgan fingerprint density at radius 2 is 2.26 bits per heavy atom. The molecule has 0 heterocycles. The highest BCUT2D eigenvalue weighted by Gasteiger charge is 2.50. The van der Waals surface area contributed by atoms with Crippen LogP contribution in [0.4, 0.5) is 5.69 Å². The van der Waals surface area contributed by atoms with Crippen LogP contribution in [0, 0.1) is 33.8 Å². The fraction of sp³-hybridized carbons (Fsp3) is 0.385. The van der Waals surface area contributed by atoms with Crippen LogP contribution in [0.3, 0.4) is 0 Å². The fourth-order valence-electron chi connectivity index (χ4n) is 1.92. The van der Waals surface area contributed by atoms with Gasteiger partial charge in [0.25, 0.3) is 5.69 Å². The molecule has 1 fully saturated rings. The largest absolute Gasteiger partial charge is 0.351 e. The van der Waals surface area contributed by atoms with E-state index in [1.54, 1.807) is 19.1 Å². The minimum absolute atomic E-state index is 0.0353. The smallest absolute Gasteiger partial charge is 0.272 e. The van der Waals surface area contributed by atoms with Crippen LogP contribution in [-0.2, 0) is 11.3 Å². The van der Waals surface area contributed by atoms with Crippen LogP contribution in [0.2, 0.25) is 0 Å². The summed E-state index contributed by atoms with van der Waals surface area (Å²) < 4.78 is 0. The monoisotopic (exact) mass is 259 g/mol. The van der Waals surface area contributed by atoms with Gasteiger partial charge in [-0.05, 0) is 25.3 Å². The Kier molecular flexibility index (Phi) is 3.21. The van der Waals surface area contributed by atoms with Crippen LogP contribution in [0.5, 0.6) is 0 Å². The quantitative estimate of drug-likeness (QED) is 0.658. The molecule has 98 valence electrons. The van der Waals surface area contributed by atoms with Crippen molar-refractivity contribution < 1.29 is 9.72 Å². The lowest BCUT2D eigenvalue weighted by Gasteiger charge is -2.10. The number of carbonyl (C=O) groups excluding carboxylic acids is 1. The van der Waals surface area contributed by atoms with Crippen molar-refractivity contribution in [3.63, 3.8) is 0 Å². The lowest BCUT2D eigenvalue weighted by atomic mass is 10.1. The summed E-state index contributed by atoms with van der Waals surface area (Å²) in [5.41, 5.74) is 0.397. The standard InChI is InChI=1S/C13H13N3O3/c1-9-10(3-2-4-11(9)16(18)19)7-15-12(17)13(8-14)5-6-13/h2-4H,5-7H2,1H3,(H,15,17). The molecular weight excluding hydrogens is 246 g/mol. The van der Waals surface area contributed by atoms with E-state index in [1.165, 1.54) is 6.07 Å². The van der Waals surface area contributed by atoms with Crippen molar-refractivity contribution in [3.8, 4) is 6.07 Å². The summed E-state index contributed by atoms with van der Waals surface area (Å²) in [6, 6.07) is 6.76. The highest BCUT2D eigenvalue weighted by Crippen LogP contribution is 2.45. The van der Waals surface area contributed by atoms with Gasteiger partial charge >= 0.3 is 0 Å². The third-order valence-corrected chi connectivity index (χ3v) is 3.45. The van der Waals surface area contributed by atoms with E-state index in [2.05, 4.69) is 5.32 Å². The molecule has 1 aromatic carbocycles. The molecule has 0 atom stereocenters. The number of hydrogen-bond donors (Lipinski definition) is 1. The predicted octanol–water partition coefficient (Wildman–Crippen LogP) is 1.82. The molecule has 0 unspecified atom stereocenters. The second-order valence-electron chi connectivity index (χ2n) is 4.69. The molecule has 0 aromatic heterocycles. The van der Waals surface area contributed by atoms with Crippen molar-refractivity contribution in [2.24, 2.45) is 5.41 Å². The minimum atomic E-state index is -0.866. The van der Waals surface area contributed by atoms with E-state index in [0.29, 0.717) is 24.0 Å². The van der Waals surface area contributed by atoms with E-state index in [0.717, 1.165) is 0 Å². The zero-order valence-corrected chi connectivity index (χ0v) is 10.5. The van der Waals surface area contributed by atoms with Gasteiger partial charge in [0.2, 0.25) is 5.91 Å². The molecule has 6 nitrogen and oxygen atoms in total. The van der Waals surface area contributed by atoms with Crippen LogP contribution in [0.25, 0.3) is 0 Å². The van der Waals surface area contributed by atoms with E-state index < -0.39 is 10.3 Å². The van der Waals surface area contributed by atoms with Gasteiger partial charge in [0.1, 0.15) is 5.41 Å². The maximum Gasteiger partial charge on any atom is 0.272 e. The lowest BCUT2D eigenvalue weighted by Crippen LogP contribution is -2.30. The number of nitriles is 1. The van der Waals surface area contributed by atoms with Gasteiger partial charge in [-0.1, -0.05) is 12.1 Å². The Morgan fingerprint density at radius 3 is 2.79 bits per heavy atom. The maximum atomic E-state index is 11.8. The Balaban J connectivity index is 2.09. The van der Waals surface area contributed by atoms with Gasteiger partial charge < -0.3 is 5.32 Å². The number of nitrogens with one attached hydrogen (secondary N) is 1. The van der Waals surface area contributed by atoms with Crippen LogP contribution in [0.1, 0.15) is 24.0 Å². The Morgan fingerprint density at radius 1 is 1.58 bits per heavy atom. The van der Waals surface area contributed by atoms with Crippen molar-refractivity contribution in [1.82, 2.24) is 5.32 Å². The molecule has 1 aliphatic rings. The van der Waals surface area contributed by atoms with Crippen molar-refractivity contribution in [2.45, 2.75) is 26.3 Å². The fourth-order valence-corrected chi connectivity index (χ4v) is 1.92. The summed E-state index contributed by atoms with van der Waals surface area (Å²) in [7, 11) is 0. The third kappa shape index (κ3) is 2.40. The SMILES string of the molecule is Cc1c(CNC(=O)C2(C#N)CC2)cccc1[N+](=O)[O-]. The van der Waals surface area contributed by atoms with E-state index in [-0.39, 0.29) is 18.1 Å². The van der Waals surface area contributed by atoms with E-state index in [4.69, 9.17) is 5.26 Å². The number of hydrogen-bond acceptors (Lipinski definition) is 4.